The molecule has 0 saturated heterocycles. The zero-order valence-electron chi connectivity index (χ0n) is 13.4. The van der Waals surface area contributed by atoms with Crippen molar-refractivity contribution in [3.63, 3.8) is 0 Å². The molecule has 11 heteroatoms. The maximum Gasteiger partial charge on any atom is 0.277 e. The number of nitrogens with two attached hydrogens (primary N) is 1. The fourth-order valence-electron chi connectivity index (χ4n) is 2.08. The van der Waals surface area contributed by atoms with Gasteiger partial charge in [-0.1, -0.05) is 0 Å². The number of rotatable bonds is 6. The number of benzene rings is 1. The summed E-state index contributed by atoms with van der Waals surface area (Å²) in [5.41, 5.74) is 6.27. The number of carbonyl (C=O) groups excluding carboxylic acids is 1. The monoisotopic (exact) mass is 427 g/mol. The Morgan fingerprint density at radius 2 is 2.04 bits per heavy atom. The SMILES string of the molecule is Cl.Cl.NCC(F)(F)CNC(=O)Cc1csc(-c2ccc3c(c2)OCO3)n1. The van der Waals surface area contributed by atoms with Gasteiger partial charge in [-0.2, -0.15) is 0 Å². The Morgan fingerprint density at radius 3 is 2.77 bits per heavy atom. The van der Waals surface area contributed by atoms with Crippen LogP contribution in [-0.4, -0.2) is 36.7 Å². The summed E-state index contributed by atoms with van der Waals surface area (Å²) >= 11 is 1.36. The molecule has 6 nitrogen and oxygen atoms in total. The van der Waals surface area contributed by atoms with Crippen molar-refractivity contribution in [2.45, 2.75) is 12.3 Å². The average molecular weight is 428 g/mol. The summed E-state index contributed by atoms with van der Waals surface area (Å²) in [6.07, 6.45) is -0.0678. The van der Waals surface area contributed by atoms with Gasteiger partial charge in [0.15, 0.2) is 11.5 Å². The van der Waals surface area contributed by atoms with Crippen LogP contribution in [0.1, 0.15) is 5.69 Å². The summed E-state index contributed by atoms with van der Waals surface area (Å²) < 4.78 is 36.6. The molecule has 1 aliphatic heterocycles. The Kier molecular flexibility index (Phi) is 8.01. The standard InChI is InChI=1S/C15H15F2N3O3S.2ClH/c16-15(17,6-18)7-19-13(21)4-10-5-24-14(20-10)9-1-2-11-12(3-9)23-8-22-11;;/h1-3,5H,4,6-8,18H2,(H,19,21);2*1H. The van der Waals surface area contributed by atoms with Gasteiger partial charge in [0.25, 0.3) is 5.92 Å². The van der Waals surface area contributed by atoms with E-state index in [0.29, 0.717) is 22.2 Å². The van der Waals surface area contributed by atoms with Crippen LogP contribution in [0.15, 0.2) is 23.6 Å². The first-order valence-corrected chi connectivity index (χ1v) is 8.04. The first-order valence-electron chi connectivity index (χ1n) is 7.16. The minimum atomic E-state index is -3.10. The van der Waals surface area contributed by atoms with Crippen LogP contribution in [0.25, 0.3) is 10.6 Å². The summed E-state index contributed by atoms with van der Waals surface area (Å²) in [4.78, 5) is 16.1. The molecule has 0 spiro atoms. The molecule has 144 valence electrons. The molecule has 2 heterocycles. The normalized spacial score (nSPS) is 12.1. The number of hydrogen-bond acceptors (Lipinski definition) is 6. The maximum atomic E-state index is 13.0. The largest absolute Gasteiger partial charge is 0.454 e. The number of halogens is 4. The van der Waals surface area contributed by atoms with Crippen molar-refractivity contribution in [3.05, 3.63) is 29.3 Å². The third-order valence-corrected chi connectivity index (χ3v) is 4.30. The van der Waals surface area contributed by atoms with Crippen LogP contribution in [0.3, 0.4) is 0 Å². The number of nitrogens with zero attached hydrogens (tertiary/aromatic N) is 1. The molecule has 3 N–H and O–H groups in total. The fraction of sp³-hybridized carbons (Fsp3) is 0.333. The van der Waals surface area contributed by atoms with Gasteiger partial charge in [-0.25, -0.2) is 13.8 Å². The van der Waals surface area contributed by atoms with Gasteiger partial charge in [-0.05, 0) is 18.2 Å². The first kappa shape index (κ1) is 22.4. The lowest BCUT2D eigenvalue weighted by atomic mass is 10.2. The van der Waals surface area contributed by atoms with Gasteiger partial charge < -0.3 is 20.5 Å². The maximum absolute atomic E-state index is 13.0. The van der Waals surface area contributed by atoms with Gasteiger partial charge in [0.1, 0.15) is 5.01 Å². The van der Waals surface area contributed by atoms with E-state index in [-0.39, 0.29) is 38.0 Å². The highest BCUT2D eigenvalue weighted by Gasteiger charge is 2.27. The lowest BCUT2D eigenvalue weighted by Crippen LogP contribution is -2.42. The van der Waals surface area contributed by atoms with Gasteiger partial charge >= 0.3 is 0 Å². The second-order valence-electron chi connectivity index (χ2n) is 5.23. The predicted molar refractivity (Wildman–Crippen MR) is 98.9 cm³/mol. The van der Waals surface area contributed by atoms with E-state index < -0.39 is 24.9 Å². The number of amides is 1. The quantitative estimate of drug-likeness (QED) is 0.739. The summed E-state index contributed by atoms with van der Waals surface area (Å²) in [5.74, 6) is -2.30. The molecular weight excluding hydrogens is 411 g/mol. The molecule has 0 atom stereocenters. The van der Waals surface area contributed by atoms with E-state index in [4.69, 9.17) is 15.2 Å². The number of ether oxygens (including phenoxy) is 2. The van der Waals surface area contributed by atoms with E-state index in [0.717, 1.165) is 5.56 Å². The number of hydrogen-bond donors (Lipinski definition) is 2. The third kappa shape index (κ3) is 5.41. The number of carbonyl (C=O) groups is 1. The molecule has 1 aliphatic rings. The van der Waals surface area contributed by atoms with E-state index in [1.54, 1.807) is 11.4 Å². The highest BCUT2D eigenvalue weighted by molar-refractivity contribution is 7.13. The molecule has 1 aromatic heterocycles. The minimum absolute atomic E-state index is 0. The molecule has 2 aromatic rings. The molecule has 0 saturated carbocycles. The zero-order chi connectivity index (χ0) is 17.2. The molecule has 0 unspecified atom stereocenters. The Morgan fingerprint density at radius 1 is 1.31 bits per heavy atom. The predicted octanol–water partition coefficient (Wildman–Crippen LogP) is 2.64. The summed E-state index contributed by atoms with van der Waals surface area (Å²) in [6.45, 7) is -1.39. The number of aromatic nitrogens is 1. The Balaban J connectivity index is 0.00000169. The molecule has 1 amide bonds. The molecular formula is C15H17Cl2F2N3O3S. The van der Waals surface area contributed by atoms with Crippen molar-refractivity contribution in [1.82, 2.24) is 10.3 Å². The Labute approximate surface area is 164 Å². The third-order valence-electron chi connectivity index (χ3n) is 3.36. The van der Waals surface area contributed by atoms with Gasteiger partial charge in [0, 0.05) is 10.9 Å². The summed E-state index contributed by atoms with van der Waals surface area (Å²) in [5, 5.41) is 4.60. The van der Waals surface area contributed by atoms with Crippen LogP contribution >= 0.6 is 36.2 Å². The smallest absolute Gasteiger partial charge is 0.277 e. The molecule has 26 heavy (non-hydrogen) atoms. The van der Waals surface area contributed by atoms with E-state index in [1.165, 1.54) is 11.3 Å². The van der Waals surface area contributed by atoms with Gasteiger partial charge in [0.05, 0.1) is 25.2 Å². The zero-order valence-corrected chi connectivity index (χ0v) is 15.8. The van der Waals surface area contributed by atoms with Crippen molar-refractivity contribution < 1.29 is 23.0 Å². The lowest BCUT2D eigenvalue weighted by molar-refractivity contribution is -0.122. The molecule has 0 radical (unpaired) electrons. The molecule has 0 bridgehead atoms. The summed E-state index contributed by atoms with van der Waals surface area (Å²) in [7, 11) is 0. The van der Waals surface area contributed by atoms with E-state index >= 15 is 0 Å². The number of thiazole rings is 1. The Hall–Kier alpha value is -1.68. The number of alkyl halides is 2. The molecule has 1 aromatic carbocycles. The molecule has 0 fully saturated rings. The van der Waals surface area contributed by atoms with Gasteiger partial charge in [-0.3, -0.25) is 4.79 Å². The topological polar surface area (TPSA) is 86.5 Å². The summed E-state index contributed by atoms with van der Waals surface area (Å²) in [6, 6.07) is 5.45. The van der Waals surface area contributed by atoms with Crippen LogP contribution < -0.4 is 20.5 Å². The van der Waals surface area contributed by atoms with E-state index in [9.17, 15) is 13.6 Å². The fourth-order valence-corrected chi connectivity index (χ4v) is 2.89. The Bertz CT molecular complexity index is 761. The molecule has 0 aliphatic carbocycles. The number of nitrogens with one attached hydrogen (secondary N) is 1. The second kappa shape index (κ2) is 9.31. The van der Waals surface area contributed by atoms with Crippen molar-refractivity contribution in [1.29, 1.82) is 0 Å². The van der Waals surface area contributed by atoms with Crippen LogP contribution in [0.2, 0.25) is 0 Å². The molecule has 3 rings (SSSR count). The first-order chi connectivity index (χ1) is 11.5. The van der Waals surface area contributed by atoms with Crippen LogP contribution in [0.5, 0.6) is 11.5 Å². The van der Waals surface area contributed by atoms with Gasteiger partial charge in [0.2, 0.25) is 12.7 Å². The van der Waals surface area contributed by atoms with Crippen molar-refractivity contribution in [3.8, 4) is 22.1 Å². The average Bonchev–Trinajstić information content (AvgIpc) is 3.21. The highest BCUT2D eigenvalue weighted by Crippen LogP contribution is 2.36. The van der Waals surface area contributed by atoms with Crippen LogP contribution in [0.4, 0.5) is 8.78 Å². The van der Waals surface area contributed by atoms with Gasteiger partial charge in [-0.15, -0.1) is 36.2 Å². The lowest BCUT2D eigenvalue weighted by Gasteiger charge is -2.14. The van der Waals surface area contributed by atoms with Crippen LogP contribution in [-0.2, 0) is 11.2 Å². The second-order valence-corrected chi connectivity index (χ2v) is 6.08. The van der Waals surface area contributed by atoms with E-state index in [1.807, 2.05) is 12.1 Å². The number of fused-ring (bicyclic) bond motifs is 1. The van der Waals surface area contributed by atoms with Crippen molar-refractivity contribution in [2.24, 2.45) is 5.73 Å². The minimum Gasteiger partial charge on any atom is -0.454 e. The van der Waals surface area contributed by atoms with Crippen LogP contribution in [0, 0.1) is 0 Å². The highest BCUT2D eigenvalue weighted by atomic mass is 35.5. The van der Waals surface area contributed by atoms with E-state index in [2.05, 4.69) is 10.3 Å². The van der Waals surface area contributed by atoms with Crippen molar-refractivity contribution in [2.75, 3.05) is 19.9 Å². The van der Waals surface area contributed by atoms with Crippen molar-refractivity contribution >= 4 is 42.1 Å².